The van der Waals surface area contributed by atoms with E-state index in [2.05, 4.69) is 15.0 Å². The second kappa shape index (κ2) is 7.49. The zero-order valence-corrected chi connectivity index (χ0v) is 13.0. The molecule has 0 heterocycles. The van der Waals surface area contributed by atoms with Crippen molar-refractivity contribution in [1.82, 2.24) is 9.80 Å². The summed E-state index contributed by atoms with van der Waals surface area (Å²) in [6.07, 6.45) is -0.787. The van der Waals surface area contributed by atoms with Crippen LogP contribution in [0.4, 0.5) is 15.3 Å². The van der Waals surface area contributed by atoms with Gasteiger partial charge < -0.3 is 15.0 Å². The van der Waals surface area contributed by atoms with E-state index in [-0.39, 0.29) is 5.96 Å². The molecule has 0 aromatic heterocycles. The third kappa shape index (κ3) is 4.96. The van der Waals surface area contributed by atoms with Gasteiger partial charge in [0.15, 0.2) is 0 Å². The second-order valence-corrected chi connectivity index (χ2v) is 4.71. The van der Waals surface area contributed by atoms with Crippen molar-refractivity contribution < 1.29 is 14.3 Å². The number of guanidine groups is 1. The van der Waals surface area contributed by atoms with Crippen LogP contribution in [0.2, 0.25) is 5.02 Å². The molecule has 1 aromatic carbocycles. The van der Waals surface area contributed by atoms with Crippen LogP contribution in [0.5, 0.6) is 0 Å². The molecule has 0 unspecified atom stereocenters. The zero-order valence-electron chi connectivity index (χ0n) is 12.3. The minimum Gasteiger partial charge on any atom is -0.451 e. The largest absolute Gasteiger partial charge is 0.451 e. The Bertz CT molecular complexity index is 543. The average molecular weight is 313 g/mol. The first-order valence-electron chi connectivity index (χ1n) is 5.99. The molecule has 7 nitrogen and oxygen atoms in total. The molecule has 0 saturated carbocycles. The summed E-state index contributed by atoms with van der Waals surface area (Å²) in [4.78, 5) is 29.8. The van der Waals surface area contributed by atoms with Crippen molar-refractivity contribution in [1.29, 1.82) is 0 Å². The lowest BCUT2D eigenvalue weighted by Gasteiger charge is -2.24. The predicted molar refractivity (Wildman–Crippen MR) is 81.8 cm³/mol. The SMILES string of the molecule is COC(=O)N=C(N(C)C)N(C)C(=O)Nc1ccc(Cl)cc1. The number of ether oxygens (including phenoxy) is 1. The van der Waals surface area contributed by atoms with Crippen LogP contribution in [-0.2, 0) is 4.74 Å². The highest BCUT2D eigenvalue weighted by Gasteiger charge is 2.18. The molecule has 1 N–H and O–H groups in total. The Kier molecular flexibility index (Phi) is 5.98. The van der Waals surface area contributed by atoms with Gasteiger partial charge >= 0.3 is 12.1 Å². The fourth-order valence-corrected chi connectivity index (χ4v) is 1.56. The molecule has 0 radical (unpaired) electrons. The number of hydrogen-bond acceptors (Lipinski definition) is 3. The van der Waals surface area contributed by atoms with Gasteiger partial charge in [-0.1, -0.05) is 11.6 Å². The molecule has 21 heavy (non-hydrogen) atoms. The van der Waals surface area contributed by atoms with Crippen molar-refractivity contribution in [2.45, 2.75) is 0 Å². The summed E-state index contributed by atoms with van der Waals surface area (Å²) >= 11 is 5.78. The number of carbonyl (C=O) groups excluding carboxylic acids is 2. The maximum Gasteiger partial charge on any atom is 0.436 e. The normalized spacial score (nSPS) is 10.8. The molecule has 1 aromatic rings. The van der Waals surface area contributed by atoms with Crippen LogP contribution in [0.1, 0.15) is 0 Å². The second-order valence-electron chi connectivity index (χ2n) is 4.27. The van der Waals surface area contributed by atoms with E-state index < -0.39 is 12.1 Å². The molecular weight excluding hydrogens is 296 g/mol. The monoisotopic (exact) mass is 312 g/mol. The number of aliphatic imine (C=N–C) groups is 1. The summed E-state index contributed by atoms with van der Waals surface area (Å²) in [5.74, 6) is 0.147. The van der Waals surface area contributed by atoms with Crippen molar-refractivity contribution >= 4 is 35.4 Å². The summed E-state index contributed by atoms with van der Waals surface area (Å²) in [6, 6.07) is 6.20. The highest BCUT2D eigenvalue weighted by atomic mass is 35.5. The summed E-state index contributed by atoms with van der Waals surface area (Å²) in [5.41, 5.74) is 0.576. The van der Waals surface area contributed by atoms with Crippen LogP contribution >= 0.6 is 11.6 Å². The van der Waals surface area contributed by atoms with E-state index >= 15 is 0 Å². The average Bonchev–Trinajstić information content (AvgIpc) is 2.45. The van der Waals surface area contributed by atoms with Crippen LogP contribution in [0.15, 0.2) is 29.3 Å². The Morgan fingerprint density at radius 2 is 1.76 bits per heavy atom. The lowest BCUT2D eigenvalue weighted by molar-refractivity contribution is 0.181. The van der Waals surface area contributed by atoms with Gasteiger partial charge in [-0.05, 0) is 24.3 Å². The Morgan fingerprint density at radius 1 is 1.19 bits per heavy atom. The maximum absolute atomic E-state index is 12.1. The smallest absolute Gasteiger partial charge is 0.436 e. The Balaban J connectivity index is 2.86. The van der Waals surface area contributed by atoms with Crippen molar-refractivity contribution in [3.05, 3.63) is 29.3 Å². The Hall–Kier alpha value is -2.28. The van der Waals surface area contributed by atoms with Crippen molar-refractivity contribution in [2.24, 2.45) is 4.99 Å². The van der Waals surface area contributed by atoms with Crippen LogP contribution in [0.25, 0.3) is 0 Å². The number of urea groups is 1. The Labute approximate surface area is 128 Å². The van der Waals surface area contributed by atoms with E-state index in [1.807, 2.05) is 0 Å². The minimum absolute atomic E-state index is 0.147. The van der Waals surface area contributed by atoms with Gasteiger partial charge in [-0.3, -0.25) is 4.90 Å². The maximum atomic E-state index is 12.1. The van der Waals surface area contributed by atoms with Crippen LogP contribution in [0, 0.1) is 0 Å². The number of nitrogens with zero attached hydrogens (tertiary/aromatic N) is 3. The van der Waals surface area contributed by atoms with Crippen LogP contribution in [-0.4, -0.2) is 56.1 Å². The highest BCUT2D eigenvalue weighted by molar-refractivity contribution is 6.30. The first-order chi connectivity index (χ1) is 9.85. The van der Waals surface area contributed by atoms with Crippen LogP contribution < -0.4 is 5.32 Å². The summed E-state index contributed by atoms with van der Waals surface area (Å²) in [5, 5.41) is 3.24. The van der Waals surface area contributed by atoms with Gasteiger partial charge in [0.05, 0.1) is 7.11 Å². The molecule has 0 aliphatic rings. The molecule has 0 spiro atoms. The van der Waals surface area contributed by atoms with E-state index in [1.165, 1.54) is 24.0 Å². The molecule has 0 atom stereocenters. The molecule has 8 heteroatoms. The van der Waals surface area contributed by atoms with E-state index in [4.69, 9.17) is 11.6 Å². The number of amides is 3. The van der Waals surface area contributed by atoms with Gasteiger partial charge in [-0.15, -0.1) is 4.99 Å². The van der Waals surface area contributed by atoms with Gasteiger partial charge in [-0.2, -0.15) is 0 Å². The number of hydrogen-bond donors (Lipinski definition) is 1. The number of rotatable bonds is 1. The molecule has 0 bridgehead atoms. The van der Waals surface area contributed by atoms with Crippen molar-refractivity contribution in [3.8, 4) is 0 Å². The van der Waals surface area contributed by atoms with Crippen molar-refractivity contribution in [3.63, 3.8) is 0 Å². The van der Waals surface area contributed by atoms with Gasteiger partial charge in [0.1, 0.15) is 0 Å². The topological polar surface area (TPSA) is 74.2 Å². The van der Waals surface area contributed by atoms with E-state index in [0.717, 1.165) is 0 Å². The number of benzene rings is 1. The lowest BCUT2D eigenvalue weighted by Crippen LogP contribution is -2.44. The Morgan fingerprint density at radius 3 is 2.24 bits per heavy atom. The van der Waals surface area contributed by atoms with Crippen molar-refractivity contribution in [2.75, 3.05) is 33.6 Å². The fraction of sp³-hybridized carbons (Fsp3) is 0.308. The zero-order chi connectivity index (χ0) is 16.0. The van der Waals surface area contributed by atoms with E-state index in [0.29, 0.717) is 10.7 Å². The third-order valence-corrected chi connectivity index (χ3v) is 2.72. The summed E-state index contributed by atoms with van der Waals surface area (Å²) in [7, 11) is 6.03. The molecule has 0 aliphatic carbocycles. The molecule has 114 valence electrons. The number of carbonyl (C=O) groups is 2. The quantitative estimate of drug-likeness (QED) is 0.638. The number of nitrogens with one attached hydrogen (secondary N) is 1. The molecule has 0 fully saturated rings. The molecular formula is C13H17ClN4O3. The van der Waals surface area contributed by atoms with Gasteiger partial charge in [-0.25, -0.2) is 9.59 Å². The summed E-state index contributed by atoms with van der Waals surface area (Å²) < 4.78 is 4.47. The molecule has 1 rings (SSSR count). The predicted octanol–water partition coefficient (Wildman–Crippen LogP) is 2.49. The first kappa shape index (κ1) is 16.8. The van der Waals surface area contributed by atoms with Gasteiger partial charge in [0, 0.05) is 31.9 Å². The molecule has 0 aliphatic heterocycles. The van der Waals surface area contributed by atoms with E-state index in [1.54, 1.807) is 38.4 Å². The minimum atomic E-state index is -0.787. The van der Waals surface area contributed by atoms with Gasteiger partial charge in [0.25, 0.3) is 0 Å². The fourth-order valence-electron chi connectivity index (χ4n) is 1.43. The first-order valence-corrected chi connectivity index (χ1v) is 6.37. The third-order valence-electron chi connectivity index (χ3n) is 2.47. The van der Waals surface area contributed by atoms with E-state index in [9.17, 15) is 9.59 Å². The number of anilines is 1. The lowest BCUT2D eigenvalue weighted by atomic mass is 10.3. The summed E-state index contributed by atoms with van der Waals surface area (Å²) in [6.45, 7) is 0. The van der Waals surface area contributed by atoms with Gasteiger partial charge in [0.2, 0.25) is 5.96 Å². The standard InChI is InChI=1S/C13H17ClN4O3/c1-17(2)11(16-13(20)21-4)18(3)12(19)15-10-7-5-9(14)6-8-10/h5-8H,1-4H3,(H,15,19). The number of methoxy groups -OCH3 is 1. The van der Waals surface area contributed by atoms with Crippen LogP contribution in [0.3, 0.4) is 0 Å². The highest BCUT2D eigenvalue weighted by Crippen LogP contribution is 2.13. The molecule has 3 amide bonds. The number of halogens is 1. The molecule has 0 saturated heterocycles.